The molecule has 12 heterocycles. The van der Waals surface area contributed by atoms with Crippen molar-refractivity contribution in [3.63, 3.8) is 0 Å². The summed E-state index contributed by atoms with van der Waals surface area (Å²) in [5.74, 6) is 1.27. The van der Waals surface area contributed by atoms with Gasteiger partial charge in [0, 0.05) is 199 Å². The van der Waals surface area contributed by atoms with Crippen molar-refractivity contribution in [3.05, 3.63) is 307 Å². The van der Waals surface area contributed by atoms with Crippen molar-refractivity contribution in [3.8, 4) is 0 Å². The Kier molecular flexibility index (Phi) is 38.4. The van der Waals surface area contributed by atoms with Crippen LogP contribution < -0.4 is 76.8 Å². The fourth-order valence-electron chi connectivity index (χ4n) is 15.9. The van der Waals surface area contributed by atoms with Crippen LogP contribution in [0, 0.1) is 17.6 Å². The maximum absolute atomic E-state index is 14.1. The van der Waals surface area contributed by atoms with E-state index in [0.717, 1.165) is 120 Å². The highest BCUT2D eigenvalue weighted by Crippen LogP contribution is 2.36. The van der Waals surface area contributed by atoms with Gasteiger partial charge in [0.2, 0.25) is 5.91 Å². The van der Waals surface area contributed by atoms with Gasteiger partial charge in [-0.25, -0.2) is 62.3 Å². The molecule has 8 saturated heterocycles. The van der Waals surface area contributed by atoms with Crippen LogP contribution in [0.1, 0.15) is 275 Å². The summed E-state index contributed by atoms with van der Waals surface area (Å²) < 4.78 is 28.2. The quantitative estimate of drug-likeness (QED) is 0.0666. The molecule has 8 aliphatic rings. The molecule has 0 saturated carbocycles. The number of carbonyl (C=O) groups is 8. The lowest BCUT2D eigenvalue weighted by molar-refractivity contribution is -0.125. The highest BCUT2D eigenvalue weighted by atomic mass is 19.1. The monoisotopic (exact) mass is 2010 g/mol. The van der Waals surface area contributed by atoms with Crippen LogP contribution in [-0.4, -0.2) is 124 Å². The van der Waals surface area contributed by atoms with Crippen molar-refractivity contribution < 1.29 is 47.1 Å². The van der Waals surface area contributed by atoms with Gasteiger partial charge < -0.3 is 42.5 Å². The number of allylic oxidation sites excluding steroid dienone is 1. The zero-order valence-corrected chi connectivity index (χ0v) is 90.9. The number of benzene rings is 4. The third-order valence-corrected chi connectivity index (χ3v) is 25.1. The SMILES string of the molecule is C=C1CCC(Cc2ccc(C(C)(C)C)cc2)C(=O)N1.C=C1CCN(c2cc(F)c(C(C)(C)C)cn2)C(=O)N1.C=C1CCN(c2ccc(C(C)(C)C)c(F)c2)C(=O)N1.C=C1CCN(c2ccc(C(C)(C)C)cc2)C(=O)N1.C=C1CCN(c2ccc(C(C)(C)C)nc2)C(=O)N1.C=C1CCN(c2cccc(C(C)(C)C)c2)C(=O)N1.C=C1CCN(c2cnc(C(C)(C)C)cn2)C(=O)N1.C=C1CCN(c2cnc(C(C)(C)C)nc2)C(=O)N1. The van der Waals surface area contributed by atoms with E-state index in [1.165, 1.54) is 50.4 Å². The van der Waals surface area contributed by atoms with Crippen molar-refractivity contribution in [2.24, 2.45) is 5.92 Å². The maximum atomic E-state index is 14.1. The highest BCUT2D eigenvalue weighted by molar-refractivity contribution is 5.98. The Labute approximate surface area is 869 Å². The Morgan fingerprint density at radius 3 is 0.973 bits per heavy atom. The number of hydrogen-bond donors (Lipinski definition) is 8. The predicted octanol–water partition coefficient (Wildman–Crippen LogP) is 24.1. The summed E-state index contributed by atoms with van der Waals surface area (Å²) in [5, 5.41) is 21.8. The number of carbonyl (C=O) groups excluding carboxylic acids is 8. The van der Waals surface area contributed by atoms with Crippen molar-refractivity contribution in [1.29, 1.82) is 0 Å². The van der Waals surface area contributed by atoms with E-state index in [2.05, 4.69) is 298 Å². The fraction of sp³-hybridized carbons (Fsp3) is 0.431. The van der Waals surface area contributed by atoms with Gasteiger partial charge in [-0.15, -0.1) is 0 Å². The minimum absolute atomic E-state index is 0.0248. The van der Waals surface area contributed by atoms with E-state index in [9.17, 15) is 47.1 Å². The van der Waals surface area contributed by atoms with Crippen molar-refractivity contribution in [2.45, 2.75) is 274 Å². The van der Waals surface area contributed by atoms with Crippen LogP contribution in [0.4, 0.5) is 82.4 Å². The summed E-state index contributed by atoms with van der Waals surface area (Å²) in [6.07, 6.45) is 17.8. The Hall–Kier alpha value is -14.5. The van der Waals surface area contributed by atoms with Gasteiger partial charge in [-0.2, -0.15) is 0 Å². The Morgan fingerprint density at radius 1 is 0.279 bits per heavy atom. The van der Waals surface area contributed by atoms with Crippen LogP contribution in [0.2, 0.25) is 0 Å². The molecule has 4 aromatic carbocycles. The third-order valence-electron chi connectivity index (χ3n) is 25.1. The number of hydrogen-bond acceptors (Lipinski definition) is 14. The van der Waals surface area contributed by atoms with Crippen LogP contribution in [0.15, 0.2) is 245 Å². The van der Waals surface area contributed by atoms with E-state index >= 15 is 0 Å². The number of rotatable bonds is 9. The minimum Gasteiger partial charge on any atom is -0.330 e. The number of halogens is 2. The third kappa shape index (κ3) is 33.8. The van der Waals surface area contributed by atoms with E-state index in [-0.39, 0.29) is 109 Å². The molecule has 8 fully saturated rings. The van der Waals surface area contributed by atoms with Crippen LogP contribution in [0.5, 0.6) is 0 Å². The molecule has 8 aliphatic heterocycles. The standard InChI is InChI=1S/C17H23NO.C15H19FN2O.2C15H20N2O.C14H18FN3O.C14H19N3O.2C13H18N4O/c1-12-5-8-14(16(19)18-12)11-13-6-9-15(10-7-13)17(2,3)4;1-10-7-8-18(14(19)17-10)11-5-6-12(13(16)9-11)15(2,3)4;1-11-9-10-17(14(18)16-11)13-7-5-12(6-8-13)15(2,3)4;1-11-8-9-17(14(18)16-11)13-7-5-6-12(10-13)15(2,3)4;1-9-5-6-18(13(19)17-9)12-7-11(15)10(8-16-12)14(2,3)4;1-10-7-8-17(13(18)16-10)11-5-6-12(15-9-11)14(2,3)4;1-9-5-6-17(12(18)16-9)11-8-14-10(7-15-11)13(2,3)4;1-9-5-6-17(12(18)16-9)10-7-14-11(15-8-10)13(2,3)4/h6-7,9-10,14H,1,5,8,11H2,2-4H3,(H,18,19);5-6,9H,1,7-8H2,2-4H3,(H,17,19);5-8H,1,9-10H2,2-4H3,(H,16,18);5-7,10H,1,8-9H2,2-4H3,(H,16,18);7-8H,1,5-6H2,2-4H3,(H,17,19);5-6,9H,1,7-8H2,2-4H3,(H,16,18);2*7-8H,1,5-6H2,2-4H3,(H,16,18). The van der Waals surface area contributed by atoms with Crippen LogP contribution in [0.25, 0.3) is 0 Å². The summed E-state index contributed by atoms with van der Waals surface area (Å²) >= 11 is 0. The van der Waals surface area contributed by atoms with E-state index in [4.69, 9.17) is 0 Å². The maximum Gasteiger partial charge on any atom is 0.327 e. The minimum atomic E-state index is -0.338. The number of nitrogens with zero attached hydrogens (tertiary/aromatic N) is 13. The molecule has 0 spiro atoms. The summed E-state index contributed by atoms with van der Waals surface area (Å²) in [4.78, 5) is 132. The number of urea groups is 7. The summed E-state index contributed by atoms with van der Waals surface area (Å²) in [7, 11) is 0. The summed E-state index contributed by atoms with van der Waals surface area (Å²) in [6, 6.07) is 34.0. The number of pyridine rings is 2. The average molecular weight is 2010 g/mol. The van der Waals surface area contributed by atoms with Gasteiger partial charge in [0.1, 0.15) is 23.3 Å². The molecule has 15 amide bonds. The number of nitrogens with one attached hydrogen (secondary N) is 8. The van der Waals surface area contributed by atoms with Gasteiger partial charge >= 0.3 is 42.2 Å². The highest BCUT2D eigenvalue weighted by Gasteiger charge is 2.34. The summed E-state index contributed by atoms with van der Waals surface area (Å²) in [5.41, 5.74) is 18.0. The fourth-order valence-corrected chi connectivity index (χ4v) is 15.9. The van der Waals surface area contributed by atoms with Gasteiger partial charge in [0.25, 0.3) is 0 Å². The van der Waals surface area contributed by atoms with Gasteiger partial charge in [-0.05, 0) is 123 Å². The van der Waals surface area contributed by atoms with E-state index in [0.29, 0.717) is 104 Å². The Bertz CT molecular complexity index is 5700. The first kappa shape index (κ1) is 116. The molecule has 31 heteroatoms. The number of piperidine rings is 1. The van der Waals surface area contributed by atoms with E-state index in [1.54, 1.807) is 67.6 Å². The molecule has 16 rings (SSSR count). The largest absolute Gasteiger partial charge is 0.330 e. The van der Waals surface area contributed by atoms with Gasteiger partial charge in [-0.3, -0.25) is 49.1 Å². The average Bonchev–Trinajstić information content (AvgIpc) is 0.793. The first-order valence-electron chi connectivity index (χ1n) is 50.0. The molecule has 4 aromatic heterocycles. The zero-order valence-electron chi connectivity index (χ0n) is 90.9. The molecular formula is C116H155F2N21O8. The summed E-state index contributed by atoms with van der Waals surface area (Å²) in [6.45, 7) is 84.4. The smallest absolute Gasteiger partial charge is 0.327 e. The zero-order chi connectivity index (χ0) is 109. The normalized spacial score (nSPS) is 17.1. The first-order valence-corrected chi connectivity index (χ1v) is 50.0. The van der Waals surface area contributed by atoms with Gasteiger partial charge in [0.05, 0.1) is 48.1 Å². The van der Waals surface area contributed by atoms with E-state index < -0.39 is 0 Å². The molecule has 0 aliphatic carbocycles. The van der Waals surface area contributed by atoms with Crippen molar-refractivity contribution >= 4 is 88.2 Å². The molecular weight excluding hydrogens is 1850 g/mol. The lowest BCUT2D eigenvalue weighted by atomic mass is 9.85. The molecule has 147 heavy (non-hydrogen) atoms. The Balaban J connectivity index is 0.000000187. The van der Waals surface area contributed by atoms with E-state index in [1.807, 2.05) is 77.9 Å². The van der Waals surface area contributed by atoms with Crippen LogP contribution in [-0.2, 0) is 54.5 Å². The Morgan fingerprint density at radius 2 is 0.619 bits per heavy atom. The second-order valence-electron chi connectivity index (χ2n) is 46.0. The molecule has 786 valence electrons. The van der Waals surface area contributed by atoms with Crippen molar-refractivity contribution in [2.75, 3.05) is 80.1 Å². The second-order valence-corrected chi connectivity index (χ2v) is 46.0. The lowest BCUT2D eigenvalue weighted by Gasteiger charge is -2.30. The van der Waals surface area contributed by atoms with Crippen LogP contribution in [0.3, 0.4) is 0 Å². The van der Waals surface area contributed by atoms with Crippen LogP contribution >= 0.6 is 0 Å². The van der Waals surface area contributed by atoms with Gasteiger partial charge in [0.15, 0.2) is 5.82 Å². The first-order chi connectivity index (χ1) is 68.3. The predicted molar refractivity (Wildman–Crippen MR) is 589 cm³/mol. The molecule has 29 nitrogen and oxygen atoms in total. The molecule has 8 N–H and O–H groups in total. The molecule has 8 aromatic rings. The molecule has 1 unspecified atom stereocenters. The topological polar surface area (TPSA) is 333 Å². The number of aromatic nitrogens is 6. The number of amides is 15. The van der Waals surface area contributed by atoms with Crippen molar-refractivity contribution in [1.82, 2.24) is 72.4 Å². The second kappa shape index (κ2) is 48.7. The lowest BCUT2D eigenvalue weighted by Crippen LogP contribution is -2.45. The number of anilines is 7. The molecule has 0 bridgehead atoms. The molecule has 0 radical (unpaired) electrons. The molecule has 1 atom stereocenters. The van der Waals surface area contributed by atoms with Gasteiger partial charge in [-0.1, -0.05) is 273 Å².